The Bertz CT molecular complexity index is 1360. The summed E-state index contributed by atoms with van der Waals surface area (Å²) >= 11 is 0. The molecule has 8 nitrogen and oxygen atoms in total. The quantitative estimate of drug-likeness (QED) is 0.549. The summed E-state index contributed by atoms with van der Waals surface area (Å²) in [6.07, 6.45) is 2.93. The zero-order valence-electron chi connectivity index (χ0n) is 18.7. The summed E-state index contributed by atoms with van der Waals surface area (Å²) in [5.74, 6) is 1.37. The third-order valence-electron chi connectivity index (χ3n) is 5.67. The number of ether oxygens (including phenoxy) is 1. The van der Waals surface area contributed by atoms with Crippen LogP contribution in [-0.4, -0.2) is 45.9 Å². The van der Waals surface area contributed by atoms with Crippen molar-refractivity contribution in [1.29, 1.82) is 0 Å². The molecule has 174 valence electrons. The Morgan fingerprint density at radius 3 is 2.28 bits per heavy atom. The van der Waals surface area contributed by atoms with Crippen LogP contribution in [-0.2, 0) is 36.4 Å². The topological polar surface area (TPSA) is 108 Å². The van der Waals surface area contributed by atoms with Gasteiger partial charge in [-0.25, -0.2) is 21.8 Å². The highest BCUT2D eigenvalue weighted by Crippen LogP contribution is 2.32. The molecular formula is C22H28N2O6S2. The van der Waals surface area contributed by atoms with E-state index in [2.05, 4.69) is 25.3 Å². The van der Waals surface area contributed by atoms with Crippen molar-refractivity contribution < 1.29 is 26.0 Å². The van der Waals surface area contributed by atoms with Gasteiger partial charge in [0.05, 0.1) is 15.9 Å². The first-order valence-corrected chi connectivity index (χ1v) is 13.9. The van der Waals surface area contributed by atoms with Crippen LogP contribution in [0.5, 0.6) is 0 Å². The molecule has 10 heteroatoms. The van der Waals surface area contributed by atoms with Crippen LogP contribution in [0.15, 0.2) is 49.8 Å². The smallest absolute Gasteiger partial charge is 0.239 e. The van der Waals surface area contributed by atoms with Gasteiger partial charge in [-0.2, -0.15) is 0 Å². The first-order valence-electron chi connectivity index (χ1n) is 10.5. The lowest BCUT2D eigenvalue weighted by molar-refractivity contribution is 0.0611. The molecule has 1 aliphatic heterocycles. The number of hydrogen-bond acceptors (Lipinski definition) is 7. The molecule has 0 amide bonds. The maximum absolute atomic E-state index is 13.1. The van der Waals surface area contributed by atoms with E-state index in [1.165, 1.54) is 18.2 Å². The zero-order chi connectivity index (χ0) is 23.3. The Morgan fingerprint density at radius 2 is 1.69 bits per heavy atom. The molecular weight excluding hydrogens is 452 g/mol. The van der Waals surface area contributed by atoms with Gasteiger partial charge in [-0.1, -0.05) is 20.8 Å². The van der Waals surface area contributed by atoms with Crippen molar-refractivity contribution in [3.05, 3.63) is 36.2 Å². The molecule has 3 heterocycles. The lowest BCUT2D eigenvalue weighted by Gasteiger charge is -2.26. The molecule has 2 aromatic heterocycles. The maximum atomic E-state index is 13.1. The summed E-state index contributed by atoms with van der Waals surface area (Å²) in [6, 6.07) is 7.14. The maximum Gasteiger partial charge on any atom is 0.239 e. The molecule has 32 heavy (non-hydrogen) atoms. The molecule has 0 atom stereocenters. The highest BCUT2D eigenvalue weighted by Gasteiger charge is 2.28. The molecule has 1 aromatic carbocycles. The Kier molecular flexibility index (Phi) is 5.75. The molecule has 4 rings (SSSR count). The van der Waals surface area contributed by atoms with Crippen LogP contribution < -0.4 is 0 Å². The Balaban J connectivity index is 1.78. The van der Waals surface area contributed by atoms with Gasteiger partial charge in [-0.3, -0.25) is 0 Å². The van der Waals surface area contributed by atoms with Crippen LogP contribution in [0, 0.1) is 5.92 Å². The first-order chi connectivity index (χ1) is 14.9. The fourth-order valence-corrected chi connectivity index (χ4v) is 5.79. The molecule has 0 bridgehead atoms. The standard InChI is InChI=1S/C22H28N2O6S2/c1-22(2,3)21-23-17-13-16(32(27,28)20-8-7-19(30-20)31(4,25)26)5-6-18(17)24(21)14-15-9-11-29-12-10-15/h5-8,13,15H,9-12,14H2,1-4H3. The number of sulfone groups is 2. The molecule has 0 N–H and O–H groups in total. The number of furan rings is 1. The van der Waals surface area contributed by atoms with E-state index in [0.29, 0.717) is 11.4 Å². The normalized spacial score (nSPS) is 16.6. The van der Waals surface area contributed by atoms with Crippen molar-refractivity contribution in [1.82, 2.24) is 9.55 Å². The highest BCUT2D eigenvalue weighted by molar-refractivity contribution is 7.91. The minimum atomic E-state index is -4.03. The van der Waals surface area contributed by atoms with E-state index in [0.717, 1.165) is 56.3 Å². The van der Waals surface area contributed by atoms with Crippen molar-refractivity contribution >= 4 is 30.7 Å². The summed E-state index contributed by atoms with van der Waals surface area (Å²) in [7, 11) is -7.68. The van der Waals surface area contributed by atoms with E-state index in [1.807, 2.05) is 0 Å². The summed E-state index contributed by atoms with van der Waals surface area (Å²) in [4.78, 5) is 4.81. The van der Waals surface area contributed by atoms with E-state index < -0.39 is 24.8 Å². The second-order valence-corrected chi connectivity index (χ2v) is 13.2. The fraction of sp³-hybridized carbons (Fsp3) is 0.500. The summed E-state index contributed by atoms with van der Waals surface area (Å²) in [5, 5.41) is -0.789. The van der Waals surface area contributed by atoms with Crippen molar-refractivity contribution in [3.8, 4) is 0 Å². The van der Waals surface area contributed by atoms with Crippen LogP contribution in [0.3, 0.4) is 0 Å². The summed E-state index contributed by atoms with van der Waals surface area (Å²) < 4.78 is 62.3. The Hall–Kier alpha value is -2.17. The lowest BCUT2D eigenvalue weighted by atomic mass is 9.94. The van der Waals surface area contributed by atoms with E-state index >= 15 is 0 Å². The third-order valence-corrected chi connectivity index (χ3v) is 8.24. The summed E-state index contributed by atoms with van der Waals surface area (Å²) in [5.41, 5.74) is 1.23. The number of imidazole rings is 1. The second-order valence-electron chi connectivity index (χ2n) is 9.35. The average molecular weight is 481 g/mol. The Morgan fingerprint density at radius 1 is 1.03 bits per heavy atom. The molecule has 0 saturated carbocycles. The van der Waals surface area contributed by atoms with Gasteiger partial charge in [0.15, 0.2) is 0 Å². The minimum Gasteiger partial charge on any atom is -0.433 e. The van der Waals surface area contributed by atoms with E-state index in [4.69, 9.17) is 14.1 Å². The molecule has 0 unspecified atom stereocenters. The van der Waals surface area contributed by atoms with Gasteiger partial charge >= 0.3 is 0 Å². The van der Waals surface area contributed by atoms with Crippen LogP contribution in [0.1, 0.15) is 39.4 Å². The predicted molar refractivity (Wildman–Crippen MR) is 119 cm³/mol. The molecule has 1 fully saturated rings. The van der Waals surface area contributed by atoms with Gasteiger partial charge in [0, 0.05) is 31.4 Å². The molecule has 0 radical (unpaired) electrons. The van der Waals surface area contributed by atoms with Crippen LogP contribution >= 0.6 is 0 Å². The average Bonchev–Trinajstić information content (AvgIpc) is 3.34. The minimum absolute atomic E-state index is 0.00979. The van der Waals surface area contributed by atoms with Crippen molar-refractivity contribution in [2.24, 2.45) is 5.92 Å². The van der Waals surface area contributed by atoms with Gasteiger partial charge < -0.3 is 13.7 Å². The highest BCUT2D eigenvalue weighted by atomic mass is 32.2. The monoisotopic (exact) mass is 480 g/mol. The molecule has 0 aliphatic carbocycles. The number of rotatable bonds is 5. The van der Waals surface area contributed by atoms with Crippen LogP contribution in [0.25, 0.3) is 11.0 Å². The number of hydrogen-bond donors (Lipinski definition) is 0. The summed E-state index contributed by atoms with van der Waals surface area (Å²) in [6.45, 7) is 8.56. The first kappa shape index (κ1) is 23.0. The SMILES string of the molecule is CC(C)(C)c1nc2cc(S(=O)(=O)c3ccc(S(C)(=O)=O)o3)ccc2n1CC1CCOCC1. The lowest BCUT2D eigenvalue weighted by Crippen LogP contribution is -2.25. The van der Waals surface area contributed by atoms with E-state index in [9.17, 15) is 16.8 Å². The molecule has 0 spiro atoms. The van der Waals surface area contributed by atoms with Crippen molar-refractivity contribution in [3.63, 3.8) is 0 Å². The second kappa shape index (κ2) is 8.00. The van der Waals surface area contributed by atoms with Crippen molar-refractivity contribution in [2.75, 3.05) is 19.5 Å². The van der Waals surface area contributed by atoms with Crippen molar-refractivity contribution in [2.45, 2.75) is 60.7 Å². The third kappa shape index (κ3) is 4.35. The fourth-order valence-electron chi connectivity index (χ4n) is 3.98. The molecule has 3 aromatic rings. The van der Waals surface area contributed by atoms with Crippen LogP contribution in [0.4, 0.5) is 0 Å². The van der Waals surface area contributed by atoms with Crippen LogP contribution in [0.2, 0.25) is 0 Å². The van der Waals surface area contributed by atoms with E-state index in [-0.39, 0.29) is 15.4 Å². The molecule has 1 saturated heterocycles. The largest absolute Gasteiger partial charge is 0.433 e. The number of fused-ring (bicyclic) bond motifs is 1. The molecule has 1 aliphatic rings. The predicted octanol–water partition coefficient (Wildman–Crippen LogP) is 3.59. The zero-order valence-corrected chi connectivity index (χ0v) is 20.3. The Labute approximate surface area is 188 Å². The number of nitrogens with zero attached hydrogens (tertiary/aromatic N) is 2. The van der Waals surface area contributed by atoms with Gasteiger partial charge in [0.25, 0.3) is 0 Å². The van der Waals surface area contributed by atoms with E-state index in [1.54, 1.807) is 6.07 Å². The number of aromatic nitrogens is 2. The number of benzene rings is 1. The van der Waals surface area contributed by atoms with Gasteiger partial charge in [0.2, 0.25) is 29.9 Å². The van der Waals surface area contributed by atoms with Gasteiger partial charge in [-0.15, -0.1) is 0 Å². The van der Waals surface area contributed by atoms with Gasteiger partial charge in [0.1, 0.15) is 5.82 Å². The van der Waals surface area contributed by atoms with Gasteiger partial charge in [-0.05, 0) is 49.1 Å².